The molecule has 1 amide bonds. The van der Waals surface area contributed by atoms with E-state index < -0.39 is 36.7 Å². The van der Waals surface area contributed by atoms with Crippen molar-refractivity contribution < 1.29 is 26.7 Å². The van der Waals surface area contributed by atoms with Crippen molar-refractivity contribution in [3.8, 4) is 11.1 Å². The number of hydrogen-bond donors (Lipinski definition) is 0. The molecule has 0 aliphatic carbocycles. The lowest BCUT2D eigenvalue weighted by atomic mass is 9.98. The molecule has 1 aliphatic rings. The minimum Gasteiger partial charge on any atom is -0.330 e. The van der Waals surface area contributed by atoms with Crippen molar-refractivity contribution in [2.45, 2.75) is 32.2 Å². The zero-order valence-corrected chi connectivity index (χ0v) is 17.5. The van der Waals surface area contributed by atoms with Crippen LogP contribution in [-0.4, -0.2) is 34.4 Å². The number of carbonyl (C=O) groups is 1. The molecule has 1 fully saturated rings. The van der Waals surface area contributed by atoms with Crippen LogP contribution in [0.4, 0.5) is 22.0 Å². The Kier molecular flexibility index (Phi) is 5.35. The summed E-state index contributed by atoms with van der Waals surface area (Å²) in [6, 6.07) is 13.8. The second-order valence-corrected chi connectivity index (χ2v) is 8.18. The molecule has 4 rings (SSSR count). The molecule has 1 aromatic heterocycles. The summed E-state index contributed by atoms with van der Waals surface area (Å²) in [4.78, 5) is 14.3. The number of halogens is 5. The van der Waals surface area contributed by atoms with E-state index in [1.807, 2.05) is 0 Å². The number of alkyl halides is 4. The summed E-state index contributed by atoms with van der Waals surface area (Å²) in [6.07, 6.45) is 0. The average molecular weight is 448 g/mol. The highest BCUT2D eigenvalue weighted by molar-refractivity contribution is 6.01. The van der Waals surface area contributed by atoms with E-state index in [1.165, 1.54) is 35.8 Å². The van der Waals surface area contributed by atoms with E-state index in [2.05, 4.69) is 0 Å². The number of hydrogen-bond acceptors (Lipinski definition) is 1. The smallest absolute Gasteiger partial charge is 0.285 e. The first kappa shape index (κ1) is 22.0. The summed E-state index contributed by atoms with van der Waals surface area (Å²) >= 11 is 0. The molecule has 0 unspecified atom stereocenters. The molecule has 0 bridgehead atoms. The third-order valence-corrected chi connectivity index (χ3v) is 5.57. The molecule has 0 N–H and O–H groups in total. The zero-order valence-electron chi connectivity index (χ0n) is 17.5. The standard InChI is InChI=1S/C24H21F5N2O/c1-15-19(17-8-10-18(25)11-9-17)20(22(32)30-13-24(28,29)14-30)31(21(15)23(2,26)27)12-16-6-4-3-5-7-16/h3-11H,12-14H2,1-2H3. The minimum absolute atomic E-state index is 0.0487. The predicted octanol–water partition coefficient (Wildman–Crippen LogP) is 5.85. The average Bonchev–Trinajstić information content (AvgIpc) is 2.99. The summed E-state index contributed by atoms with van der Waals surface area (Å²) in [5, 5.41) is 0. The van der Waals surface area contributed by atoms with Gasteiger partial charge in [-0.05, 0) is 35.7 Å². The summed E-state index contributed by atoms with van der Waals surface area (Å²) in [6.45, 7) is 0.600. The van der Waals surface area contributed by atoms with Gasteiger partial charge in [0.05, 0.1) is 18.8 Å². The van der Waals surface area contributed by atoms with Crippen molar-refractivity contribution in [2.75, 3.05) is 13.1 Å². The fraction of sp³-hybridized carbons (Fsp3) is 0.292. The molecule has 8 heteroatoms. The number of likely N-dealkylation sites (tertiary alicyclic amines) is 1. The molecule has 0 saturated carbocycles. The Bertz CT molecular complexity index is 1140. The minimum atomic E-state index is -3.31. The van der Waals surface area contributed by atoms with Gasteiger partial charge in [-0.3, -0.25) is 4.79 Å². The number of aromatic nitrogens is 1. The molecule has 3 nitrogen and oxygen atoms in total. The van der Waals surface area contributed by atoms with Crippen LogP contribution in [0.3, 0.4) is 0 Å². The first-order valence-electron chi connectivity index (χ1n) is 10.1. The highest BCUT2D eigenvalue weighted by Crippen LogP contribution is 2.42. The van der Waals surface area contributed by atoms with Crippen LogP contribution in [0, 0.1) is 12.7 Å². The maximum absolute atomic E-state index is 14.8. The van der Waals surface area contributed by atoms with Crippen LogP contribution in [0.5, 0.6) is 0 Å². The maximum Gasteiger partial charge on any atom is 0.285 e. The fourth-order valence-corrected chi connectivity index (χ4v) is 4.23. The van der Waals surface area contributed by atoms with Crippen LogP contribution in [0.15, 0.2) is 54.6 Å². The topological polar surface area (TPSA) is 25.2 Å². The first-order valence-corrected chi connectivity index (χ1v) is 10.1. The SMILES string of the molecule is Cc1c(-c2ccc(F)cc2)c(C(=O)N2CC(F)(F)C2)n(Cc2ccccc2)c1C(C)(F)F. The molecule has 2 aromatic carbocycles. The third kappa shape index (κ3) is 4.01. The van der Waals surface area contributed by atoms with Gasteiger partial charge in [0.1, 0.15) is 11.5 Å². The molecular formula is C24H21F5N2O. The Balaban J connectivity index is 1.96. The van der Waals surface area contributed by atoms with Crippen LogP contribution in [0.25, 0.3) is 11.1 Å². The van der Waals surface area contributed by atoms with Crippen molar-refractivity contribution in [3.05, 3.63) is 82.9 Å². The van der Waals surface area contributed by atoms with Gasteiger partial charge in [-0.15, -0.1) is 0 Å². The van der Waals surface area contributed by atoms with Gasteiger partial charge in [0, 0.05) is 19.0 Å². The van der Waals surface area contributed by atoms with Crippen molar-refractivity contribution in [1.82, 2.24) is 9.47 Å². The van der Waals surface area contributed by atoms with E-state index in [1.54, 1.807) is 30.3 Å². The van der Waals surface area contributed by atoms with Gasteiger partial charge >= 0.3 is 0 Å². The fourth-order valence-electron chi connectivity index (χ4n) is 4.23. The quantitative estimate of drug-likeness (QED) is 0.450. The number of carbonyl (C=O) groups excluding carboxylic acids is 1. The summed E-state index contributed by atoms with van der Waals surface area (Å²) in [5.41, 5.74) is 0.883. The molecule has 1 aliphatic heterocycles. The van der Waals surface area contributed by atoms with Crippen molar-refractivity contribution in [2.24, 2.45) is 0 Å². The van der Waals surface area contributed by atoms with E-state index in [0.29, 0.717) is 11.1 Å². The predicted molar refractivity (Wildman–Crippen MR) is 111 cm³/mol. The Morgan fingerprint density at radius 2 is 1.62 bits per heavy atom. The van der Waals surface area contributed by atoms with Crippen molar-refractivity contribution in [1.29, 1.82) is 0 Å². The van der Waals surface area contributed by atoms with E-state index in [0.717, 1.165) is 11.8 Å². The van der Waals surface area contributed by atoms with Crippen LogP contribution in [0.1, 0.15) is 34.2 Å². The van der Waals surface area contributed by atoms with Crippen LogP contribution < -0.4 is 0 Å². The summed E-state index contributed by atoms with van der Waals surface area (Å²) in [5.74, 6) is -7.60. The third-order valence-electron chi connectivity index (χ3n) is 5.57. The van der Waals surface area contributed by atoms with Gasteiger partial charge in [0.25, 0.3) is 17.8 Å². The molecule has 3 aromatic rings. The van der Waals surface area contributed by atoms with Crippen LogP contribution in [0.2, 0.25) is 0 Å². The molecule has 0 spiro atoms. The van der Waals surface area contributed by atoms with Gasteiger partial charge in [-0.2, -0.15) is 0 Å². The molecule has 32 heavy (non-hydrogen) atoms. The second-order valence-electron chi connectivity index (χ2n) is 8.18. The highest BCUT2D eigenvalue weighted by Gasteiger charge is 2.48. The Labute approximate surface area is 182 Å². The van der Waals surface area contributed by atoms with E-state index in [-0.39, 0.29) is 29.1 Å². The number of nitrogens with zero attached hydrogens (tertiary/aromatic N) is 2. The van der Waals surface area contributed by atoms with Gasteiger partial charge in [0.2, 0.25) is 0 Å². The second kappa shape index (κ2) is 7.76. The first-order chi connectivity index (χ1) is 15.0. The van der Waals surface area contributed by atoms with Gasteiger partial charge in [-0.25, -0.2) is 22.0 Å². The zero-order chi connectivity index (χ0) is 23.3. The monoisotopic (exact) mass is 448 g/mol. The lowest BCUT2D eigenvalue weighted by Gasteiger charge is -2.39. The molecule has 1 saturated heterocycles. The summed E-state index contributed by atoms with van der Waals surface area (Å²) < 4.78 is 71.3. The Morgan fingerprint density at radius 3 is 2.16 bits per heavy atom. The van der Waals surface area contributed by atoms with E-state index in [4.69, 9.17) is 0 Å². The summed E-state index contributed by atoms with van der Waals surface area (Å²) in [7, 11) is 0. The molecule has 2 heterocycles. The lowest BCUT2D eigenvalue weighted by Crippen LogP contribution is -2.58. The van der Waals surface area contributed by atoms with E-state index in [9.17, 15) is 26.7 Å². The van der Waals surface area contributed by atoms with Crippen molar-refractivity contribution in [3.63, 3.8) is 0 Å². The Hall–Kier alpha value is -3.16. The largest absolute Gasteiger partial charge is 0.330 e. The Morgan fingerprint density at radius 1 is 1.03 bits per heavy atom. The van der Waals surface area contributed by atoms with Gasteiger partial charge in [-0.1, -0.05) is 42.5 Å². The lowest BCUT2D eigenvalue weighted by molar-refractivity contribution is -0.113. The number of rotatable bonds is 5. The molecule has 0 radical (unpaired) electrons. The van der Waals surface area contributed by atoms with Gasteiger partial charge < -0.3 is 9.47 Å². The number of benzene rings is 2. The van der Waals surface area contributed by atoms with Crippen LogP contribution >= 0.6 is 0 Å². The molecule has 168 valence electrons. The molecule has 0 atom stereocenters. The number of amides is 1. The maximum atomic E-state index is 14.8. The van der Waals surface area contributed by atoms with Crippen molar-refractivity contribution >= 4 is 5.91 Å². The van der Waals surface area contributed by atoms with Gasteiger partial charge in [0.15, 0.2) is 0 Å². The van der Waals surface area contributed by atoms with E-state index >= 15 is 0 Å². The highest BCUT2D eigenvalue weighted by atomic mass is 19.3. The normalized spacial score (nSPS) is 15.5. The molecular weight excluding hydrogens is 427 g/mol. The van der Waals surface area contributed by atoms with Crippen LogP contribution in [-0.2, 0) is 12.5 Å².